The number of para-hydroxylation sites is 2. The first-order valence-corrected chi connectivity index (χ1v) is 10.5. The van der Waals surface area contributed by atoms with Gasteiger partial charge in [0.25, 0.3) is 0 Å². The van der Waals surface area contributed by atoms with E-state index in [4.69, 9.17) is 28.2 Å². The van der Waals surface area contributed by atoms with Crippen LogP contribution in [0.4, 0.5) is 0 Å². The summed E-state index contributed by atoms with van der Waals surface area (Å²) < 4.78 is 2.10. The second-order valence-corrected chi connectivity index (χ2v) is 8.23. The fourth-order valence-corrected chi connectivity index (χ4v) is 4.05. The molecular formula is C22H23Cl2N3O. The molecule has 3 aromatic rings. The van der Waals surface area contributed by atoms with Crippen LogP contribution in [-0.4, -0.2) is 21.5 Å². The minimum Gasteiger partial charge on any atom is -0.352 e. The molecule has 4 rings (SSSR count). The van der Waals surface area contributed by atoms with Crippen molar-refractivity contribution in [2.45, 2.75) is 51.1 Å². The van der Waals surface area contributed by atoms with Crippen molar-refractivity contribution in [2.75, 3.05) is 0 Å². The van der Waals surface area contributed by atoms with E-state index in [9.17, 15) is 4.79 Å². The van der Waals surface area contributed by atoms with Crippen LogP contribution in [0.15, 0.2) is 42.5 Å². The molecule has 1 saturated carbocycles. The first kappa shape index (κ1) is 19.3. The average Bonchev–Trinajstić information content (AvgIpc) is 3.41. The van der Waals surface area contributed by atoms with Crippen LogP contribution in [0.3, 0.4) is 0 Å². The molecule has 1 aromatic heterocycles. The molecule has 1 fully saturated rings. The van der Waals surface area contributed by atoms with Gasteiger partial charge in [-0.1, -0.05) is 54.7 Å². The van der Waals surface area contributed by atoms with Crippen molar-refractivity contribution < 1.29 is 4.79 Å². The third-order valence-electron chi connectivity index (χ3n) is 5.13. The van der Waals surface area contributed by atoms with Gasteiger partial charge in [-0.3, -0.25) is 4.79 Å². The highest BCUT2D eigenvalue weighted by atomic mass is 35.5. The lowest BCUT2D eigenvalue weighted by atomic mass is 10.1. The number of benzene rings is 2. The standard InChI is InChI=1S/C22H23Cl2N3O/c1-2-5-20(22(28)25-16-10-11-16)27-19-7-4-3-6-18(19)26-21(27)12-14-8-9-15(23)13-17(14)24/h3-4,6-9,13,16,20H,2,5,10-12H2,1H3,(H,25,28)/t20-/m1/s1. The van der Waals surface area contributed by atoms with Gasteiger partial charge in [-0.2, -0.15) is 0 Å². The molecule has 0 unspecified atom stereocenters. The fourth-order valence-electron chi connectivity index (χ4n) is 3.58. The van der Waals surface area contributed by atoms with Gasteiger partial charge in [0.2, 0.25) is 5.91 Å². The van der Waals surface area contributed by atoms with Crippen LogP contribution >= 0.6 is 23.2 Å². The van der Waals surface area contributed by atoms with Crippen LogP contribution < -0.4 is 5.32 Å². The molecule has 1 aliphatic rings. The molecule has 0 aliphatic heterocycles. The Morgan fingerprint density at radius 3 is 2.75 bits per heavy atom. The first-order chi connectivity index (χ1) is 13.6. The number of imidazole rings is 1. The molecule has 1 atom stereocenters. The van der Waals surface area contributed by atoms with Crippen molar-refractivity contribution in [3.8, 4) is 0 Å². The predicted molar refractivity (Wildman–Crippen MR) is 114 cm³/mol. The molecule has 1 N–H and O–H groups in total. The SMILES string of the molecule is CCC[C@H](C(=O)NC1CC1)n1c(Cc2ccc(Cl)cc2Cl)nc2ccccc21. The summed E-state index contributed by atoms with van der Waals surface area (Å²) >= 11 is 12.5. The number of nitrogens with one attached hydrogen (secondary N) is 1. The molecule has 2 aromatic carbocycles. The van der Waals surface area contributed by atoms with Gasteiger partial charge >= 0.3 is 0 Å². The zero-order valence-electron chi connectivity index (χ0n) is 15.8. The predicted octanol–water partition coefficient (Wildman–Crippen LogP) is 5.55. The van der Waals surface area contributed by atoms with E-state index < -0.39 is 0 Å². The summed E-state index contributed by atoms with van der Waals surface area (Å²) in [6, 6.07) is 13.5. The number of aromatic nitrogens is 2. The number of carbonyl (C=O) groups is 1. The highest BCUT2D eigenvalue weighted by Crippen LogP contribution is 2.30. The van der Waals surface area contributed by atoms with E-state index in [-0.39, 0.29) is 11.9 Å². The van der Waals surface area contributed by atoms with Crippen LogP contribution in [-0.2, 0) is 11.2 Å². The lowest BCUT2D eigenvalue weighted by molar-refractivity contribution is -0.124. The van der Waals surface area contributed by atoms with Crippen LogP contribution in [0.1, 0.15) is 50.0 Å². The van der Waals surface area contributed by atoms with E-state index in [1.807, 2.05) is 36.4 Å². The summed E-state index contributed by atoms with van der Waals surface area (Å²) in [6.07, 6.45) is 4.36. The normalized spacial score (nSPS) is 15.0. The zero-order chi connectivity index (χ0) is 19.7. The molecule has 1 heterocycles. The van der Waals surface area contributed by atoms with E-state index in [2.05, 4.69) is 16.8 Å². The number of fused-ring (bicyclic) bond motifs is 1. The summed E-state index contributed by atoms with van der Waals surface area (Å²) in [4.78, 5) is 17.9. The maximum Gasteiger partial charge on any atom is 0.243 e. The maximum absolute atomic E-state index is 13.0. The smallest absolute Gasteiger partial charge is 0.243 e. The Kier molecular flexibility index (Phi) is 5.61. The van der Waals surface area contributed by atoms with E-state index in [1.165, 1.54) is 0 Å². The lowest BCUT2D eigenvalue weighted by Crippen LogP contribution is -2.34. The van der Waals surface area contributed by atoms with Gasteiger partial charge in [-0.05, 0) is 49.1 Å². The molecule has 28 heavy (non-hydrogen) atoms. The van der Waals surface area contributed by atoms with Crippen molar-refractivity contribution in [3.05, 3.63) is 63.9 Å². The Labute approximate surface area is 174 Å². The highest BCUT2D eigenvalue weighted by molar-refractivity contribution is 6.35. The number of amides is 1. The molecule has 0 saturated heterocycles. The van der Waals surface area contributed by atoms with Gasteiger partial charge in [0.15, 0.2) is 0 Å². The number of hydrogen-bond donors (Lipinski definition) is 1. The van der Waals surface area contributed by atoms with Crippen molar-refractivity contribution in [1.29, 1.82) is 0 Å². The quantitative estimate of drug-likeness (QED) is 0.549. The number of rotatable bonds is 7. The van der Waals surface area contributed by atoms with Crippen LogP contribution in [0.2, 0.25) is 10.0 Å². The third kappa shape index (κ3) is 4.03. The van der Waals surface area contributed by atoms with Gasteiger partial charge in [0, 0.05) is 22.5 Å². The zero-order valence-corrected chi connectivity index (χ0v) is 17.3. The Bertz CT molecular complexity index is 1010. The van der Waals surface area contributed by atoms with Crippen LogP contribution in [0.25, 0.3) is 11.0 Å². The Hall–Kier alpha value is -2.04. The van der Waals surface area contributed by atoms with E-state index in [0.29, 0.717) is 22.5 Å². The molecule has 146 valence electrons. The number of halogens is 2. The van der Waals surface area contributed by atoms with Gasteiger partial charge in [0.1, 0.15) is 11.9 Å². The van der Waals surface area contributed by atoms with Gasteiger partial charge in [-0.25, -0.2) is 4.98 Å². The molecule has 6 heteroatoms. The molecule has 4 nitrogen and oxygen atoms in total. The van der Waals surface area contributed by atoms with E-state index >= 15 is 0 Å². The second-order valence-electron chi connectivity index (χ2n) is 7.39. The number of nitrogens with zero attached hydrogens (tertiary/aromatic N) is 2. The number of hydrogen-bond acceptors (Lipinski definition) is 2. The largest absolute Gasteiger partial charge is 0.352 e. The second kappa shape index (κ2) is 8.14. The van der Waals surface area contributed by atoms with E-state index in [0.717, 1.165) is 48.1 Å². The molecule has 1 amide bonds. The lowest BCUT2D eigenvalue weighted by Gasteiger charge is -2.21. The number of carbonyl (C=O) groups excluding carboxylic acids is 1. The van der Waals surface area contributed by atoms with Crippen molar-refractivity contribution in [3.63, 3.8) is 0 Å². The van der Waals surface area contributed by atoms with Gasteiger partial charge < -0.3 is 9.88 Å². The summed E-state index contributed by atoms with van der Waals surface area (Å²) in [6.45, 7) is 2.10. The monoisotopic (exact) mass is 415 g/mol. The maximum atomic E-state index is 13.0. The average molecular weight is 416 g/mol. The summed E-state index contributed by atoms with van der Waals surface area (Å²) in [7, 11) is 0. The van der Waals surface area contributed by atoms with Crippen LogP contribution in [0.5, 0.6) is 0 Å². The summed E-state index contributed by atoms with van der Waals surface area (Å²) in [5.74, 6) is 0.922. The van der Waals surface area contributed by atoms with Crippen LogP contribution in [0, 0.1) is 0 Å². The molecular weight excluding hydrogens is 393 g/mol. The minimum atomic E-state index is -0.279. The molecule has 0 radical (unpaired) electrons. The topological polar surface area (TPSA) is 46.9 Å². The van der Waals surface area contributed by atoms with Gasteiger partial charge in [0.05, 0.1) is 11.0 Å². The minimum absolute atomic E-state index is 0.0796. The Morgan fingerprint density at radius 1 is 1.25 bits per heavy atom. The third-order valence-corrected chi connectivity index (χ3v) is 5.72. The molecule has 0 spiro atoms. The van der Waals surface area contributed by atoms with Crippen molar-refractivity contribution >= 4 is 40.1 Å². The summed E-state index contributed by atoms with van der Waals surface area (Å²) in [5.41, 5.74) is 2.82. The fraction of sp³-hybridized carbons (Fsp3) is 0.364. The van der Waals surface area contributed by atoms with E-state index in [1.54, 1.807) is 6.07 Å². The molecule has 0 bridgehead atoms. The Morgan fingerprint density at radius 2 is 2.04 bits per heavy atom. The van der Waals surface area contributed by atoms with Crippen molar-refractivity contribution in [1.82, 2.24) is 14.9 Å². The van der Waals surface area contributed by atoms with Crippen molar-refractivity contribution in [2.24, 2.45) is 0 Å². The Balaban J connectivity index is 1.78. The van der Waals surface area contributed by atoms with Gasteiger partial charge in [-0.15, -0.1) is 0 Å². The first-order valence-electron chi connectivity index (χ1n) is 9.77. The molecule has 1 aliphatic carbocycles. The highest BCUT2D eigenvalue weighted by Gasteiger charge is 2.30. The summed E-state index contributed by atoms with van der Waals surface area (Å²) in [5, 5.41) is 4.39.